The number of rotatable bonds is 3. The minimum Gasteiger partial charge on any atom is -0.429 e. The molecule has 1 heterocycles. The molecule has 0 aliphatic rings. The predicted octanol–water partition coefficient (Wildman–Crippen LogP) is 1.96. The van der Waals surface area contributed by atoms with Crippen LogP contribution in [0.3, 0.4) is 0 Å². The Morgan fingerprint density at radius 2 is 1.95 bits per heavy atom. The van der Waals surface area contributed by atoms with Crippen LogP contribution in [0.4, 0.5) is 0 Å². The fraction of sp³-hybridized carbons (Fsp3) is 0.200. The summed E-state index contributed by atoms with van der Waals surface area (Å²) in [6.07, 6.45) is 4.61. The van der Waals surface area contributed by atoms with E-state index in [2.05, 4.69) is 17.1 Å². The summed E-state index contributed by atoms with van der Waals surface area (Å²) in [5, 5.41) is 10.1. The van der Waals surface area contributed by atoms with Gasteiger partial charge in [-0.05, 0) is 30.0 Å². The zero-order valence-corrected chi connectivity index (χ0v) is 10.8. The molecule has 2 rings (SSSR count). The number of benzene rings is 1. The Bertz CT molecular complexity index is 630. The molecule has 4 heteroatoms. The quantitative estimate of drug-likeness (QED) is 0.853. The second kappa shape index (κ2) is 6.00. The molecule has 2 aromatic rings. The smallest absolute Gasteiger partial charge is 0.243 e. The van der Waals surface area contributed by atoms with Crippen LogP contribution in [0.5, 0.6) is 0 Å². The van der Waals surface area contributed by atoms with E-state index in [9.17, 15) is 10.0 Å². The molecule has 0 unspecified atom stereocenters. The minimum atomic E-state index is -0.239. The Labute approximate surface area is 111 Å². The van der Waals surface area contributed by atoms with Crippen LogP contribution in [0.25, 0.3) is 0 Å². The summed E-state index contributed by atoms with van der Waals surface area (Å²) in [5.41, 5.74) is 2.06. The third-order valence-corrected chi connectivity index (χ3v) is 2.81. The Kier molecular flexibility index (Phi) is 4.13. The van der Waals surface area contributed by atoms with E-state index in [0.29, 0.717) is 5.36 Å². The van der Waals surface area contributed by atoms with Crippen LogP contribution < -0.4 is 5.36 Å². The molecule has 0 fully saturated rings. The van der Waals surface area contributed by atoms with Crippen molar-refractivity contribution < 1.29 is 10.0 Å². The minimum absolute atomic E-state index is 0.239. The molecule has 0 atom stereocenters. The molecule has 1 aromatic heterocycles. The lowest BCUT2D eigenvalue weighted by molar-refractivity contribution is -0.116. The van der Waals surface area contributed by atoms with Gasteiger partial charge in [0.1, 0.15) is 0 Å². The maximum Gasteiger partial charge on any atom is 0.243 e. The molecule has 0 aliphatic heterocycles. The largest absolute Gasteiger partial charge is 0.429 e. The van der Waals surface area contributed by atoms with Crippen molar-refractivity contribution in [3.8, 4) is 0 Å². The van der Waals surface area contributed by atoms with E-state index >= 15 is 0 Å². The lowest BCUT2D eigenvalue weighted by atomic mass is 10.1. The Morgan fingerprint density at radius 1 is 1.21 bits per heavy atom. The van der Waals surface area contributed by atoms with Crippen molar-refractivity contribution in [3.05, 3.63) is 65.3 Å². The fourth-order valence-corrected chi connectivity index (χ4v) is 1.92. The van der Waals surface area contributed by atoms with Gasteiger partial charge in [-0.1, -0.05) is 30.3 Å². The van der Waals surface area contributed by atoms with Crippen molar-refractivity contribution in [1.29, 1.82) is 0 Å². The monoisotopic (exact) mass is 256 g/mol. The van der Waals surface area contributed by atoms with Crippen LogP contribution in [0.15, 0.2) is 53.8 Å². The van der Waals surface area contributed by atoms with E-state index < -0.39 is 0 Å². The SMILES string of the molecule is CC(=O)N=c1ccn(O)cc1CCc1ccccc1. The molecule has 98 valence electrons. The molecule has 1 N–H and O–H groups in total. The molecule has 19 heavy (non-hydrogen) atoms. The second-order valence-electron chi connectivity index (χ2n) is 4.35. The third kappa shape index (κ3) is 3.81. The van der Waals surface area contributed by atoms with Gasteiger partial charge in [0.15, 0.2) is 0 Å². The van der Waals surface area contributed by atoms with Gasteiger partial charge in [-0.3, -0.25) is 4.79 Å². The van der Waals surface area contributed by atoms with Crippen molar-refractivity contribution in [1.82, 2.24) is 4.73 Å². The van der Waals surface area contributed by atoms with Gasteiger partial charge in [0.05, 0.1) is 5.36 Å². The molecule has 0 saturated carbocycles. The fourth-order valence-electron chi connectivity index (χ4n) is 1.92. The van der Waals surface area contributed by atoms with Crippen LogP contribution in [-0.4, -0.2) is 15.8 Å². The van der Waals surface area contributed by atoms with Crippen molar-refractivity contribution in [2.45, 2.75) is 19.8 Å². The molecule has 0 spiro atoms. The van der Waals surface area contributed by atoms with E-state index in [1.807, 2.05) is 18.2 Å². The summed E-state index contributed by atoms with van der Waals surface area (Å²) in [6, 6.07) is 11.7. The number of carbonyl (C=O) groups excluding carboxylic acids is 1. The van der Waals surface area contributed by atoms with Gasteiger partial charge < -0.3 is 5.21 Å². The molecule has 0 bridgehead atoms. The number of nitrogens with zero attached hydrogens (tertiary/aromatic N) is 2. The van der Waals surface area contributed by atoms with Gasteiger partial charge in [-0.2, -0.15) is 0 Å². The van der Waals surface area contributed by atoms with Crippen molar-refractivity contribution in [3.63, 3.8) is 0 Å². The van der Waals surface area contributed by atoms with Gasteiger partial charge in [0.25, 0.3) is 0 Å². The van der Waals surface area contributed by atoms with Crippen LogP contribution in [0.2, 0.25) is 0 Å². The molecule has 1 aromatic carbocycles. The van der Waals surface area contributed by atoms with E-state index in [4.69, 9.17) is 0 Å². The second-order valence-corrected chi connectivity index (χ2v) is 4.35. The number of amides is 1. The average Bonchev–Trinajstić information content (AvgIpc) is 2.40. The lowest BCUT2D eigenvalue weighted by Gasteiger charge is -2.05. The highest BCUT2D eigenvalue weighted by atomic mass is 16.5. The van der Waals surface area contributed by atoms with Gasteiger partial charge in [0, 0.05) is 19.3 Å². The lowest BCUT2D eigenvalue weighted by Crippen LogP contribution is -2.15. The molecule has 0 aliphatic carbocycles. The number of pyridine rings is 1. The highest BCUT2D eigenvalue weighted by Gasteiger charge is 2.01. The molecule has 0 saturated heterocycles. The van der Waals surface area contributed by atoms with Crippen LogP contribution in [-0.2, 0) is 17.6 Å². The third-order valence-electron chi connectivity index (χ3n) is 2.81. The number of hydrogen-bond donors (Lipinski definition) is 1. The van der Waals surface area contributed by atoms with Crippen LogP contribution in [0.1, 0.15) is 18.1 Å². The number of hydrogen-bond acceptors (Lipinski definition) is 2. The number of aromatic nitrogens is 1. The van der Waals surface area contributed by atoms with Crippen molar-refractivity contribution in [2.75, 3.05) is 0 Å². The predicted molar refractivity (Wildman–Crippen MR) is 71.7 cm³/mol. The van der Waals surface area contributed by atoms with E-state index in [1.54, 1.807) is 12.3 Å². The topological polar surface area (TPSA) is 54.6 Å². The first-order valence-corrected chi connectivity index (χ1v) is 6.15. The molecular weight excluding hydrogens is 240 g/mol. The molecule has 0 radical (unpaired) electrons. The summed E-state index contributed by atoms with van der Waals surface area (Å²) in [4.78, 5) is 15.0. The molecule has 1 amide bonds. The van der Waals surface area contributed by atoms with Crippen molar-refractivity contribution >= 4 is 5.91 Å². The van der Waals surface area contributed by atoms with Gasteiger partial charge in [0.2, 0.25) is 5.91 Å². The Balaban J connectivity index is 2.24. The Hall–Kier alpha value is -2.36. The summed E-state index contributed by atoms with van der Waals surface area (Å²) in [7, 11) is 0. The standard InChI is InChI=1S/C15H16N2O2/c1-12(18)16-15-9-10-17(19)11-14(15)8-7-13-5-3-2-4-6-13/h2-6,9-11,19H,7-8H2,1H3. The van der Waals surface area contributed by atoms with E-state index in [-0.39, 0.29) is 5.91 Å². The normalized spacial score (nSPS) is 11.5. The van der Waals surface area contributed by atoms with Gasteiger partial charge >= 0.3 is 0 Å². The maximum absolute atomic E-state index is 11.1. The highest BCUT2D eigenvalue weighted by Crippen LogP contribution is 2.04. The number of aryl methyl sites for hydroxylation is 2. The summed E-state index contributed by atoms with van der Waals surface area (Å²) >= 11 is 0. The summed E-state index contributed by atoms with van der Waals surface area (Å²) in [5.74, 6) is -0.239. The van der Waals surface area contributed by atoms with E-state index in [0.717, 1.165) is 23.1 Å². The van der Waals surface area contributed by atoms with E-state index in [1.165, 1.54) is 18.7 Å². The van der Waals surface area contributed by atoms with Gasteiger partial charge in [-0.15, -0.1) is 0 Å². The first-order valence-electron chi connectivity index (χ1n) is 6.15. The zero-order valence-electron chi connectivity index (χ0n) is 10.8. The first kappa shape index (κ1) is 13.1. The highest BCUT2D eigenvalue weighted by molar-refractivity contribution is 5.73. The van der Waals surface area contributed by atoms with Gasteiger partial charge in [-0.25, -0.2) is 9.72 Å². The first-order chi connectivity index (χ1) is 9.15. The summed E-state index contributed by atoms with van der Waals surface area (Å²) in [6.45, 7) is 1.42. The Morgan fingerprint density at radius 3 is 2.63 bits per heavy atom. The molecule has 4 nitrogen and oxygen atoms in total. The zero-order chi connectivity index (χ0) is 13.7. The maximum atomic E-state index is 11.1. The van der Waals surface area contributed by atoms with Crippen LogP contribution in [0, 0.1) is 0 Å². The van der Waals surface area contributed by atoms with Crippen LogP contribution >= 0.6 is 0 Å². The van der Waals surface area contributed by atoms with Crippen molar-refractivity contribution in [2.24, 2.45) is 4.99 Å². The average molecular weight is 256 g/mol. The number of carbonyl (C=O) groups is 1. The molecular formula is C15H16N2O2. The summed E-state index contributed by atoms with van der Waals surface area (Å²) < 4.78 is 0.986.